The van der Waals surface area contributed by atoms with Crippen molar-refractivity contribution < 1.29 is 27.4 Å². The number of carbonyl (C=O) groups is 1. The summed E-state index contributed by atoms with van der Waals surface area (Å²) in [5, 5.41) is 2.22. The third-order valence-electron chi connectivity index (χ3n) is 3.10. The molecule has 1 unspecified atom stereocenters. The predicted molar refractivity (Wildman–Crippen MR) is 90.1 cm³/mol. The van der Waals surface area contributed by atoms with Crippen molar-refractivity contribution >= 4 is 23.4 Å². The molecule has 0 fully saturated rings. The van der Waals surface area contributed by atoms with Gasteiger partial charge in [0.25, 0.3) is 0 Å². The van der Waals surface area contributed by atoms with Gasteiger partial charge in [-0.15, -0.1) is 24.9 Å². The van der Waals surface area contributed by atoms with Crippen molar-refractivity contribution in [1.82, 2.24) is 0 Å². The van der Waals surface area contributed by atoms with Crippen molar-refractivity contribution in [2.75, 3.05) is 12.4 Å². The SMILES string of the molecule is COc1ccccc1SC(C)C(=O)Nc1ccc(OC(F)(F)F)cc1. The van der Waals surface area contributed by atoms with Gasteiger partial charge in [-0.1, -0.05) is 12.1 Å². The van der Waals surface area contributed by atoms with Gasteiger partial charge < -0.3 is 14.8 Å². The van der Waals surface area contributed by atoms with Crippen LogP contribution in [0.4, 0.5) is 18.9 Å². The number of methoxy groups -OCH3 is 1. The van der Waals surface area contributed by atoms with Crippen molar-refractivity contribution in [2.45, 2.75) is 23.4 Å². The Morgan fingerprint density at radius 3 is 2.36 bits per heavy atom. The molecule has 0 radical (unpaired) electrons. The smallest absolute Gasteiger partial charge is 0.496 e. The second-order valence-corrected chi connectivity index (χ2v) is 6.36. The van der Waals surface area contributed by atoms with Crippen molar-refractivity contribution in [3.05, 3.63) is 48.5 Å². The molecule has 134 valence electrons. The number of halogens is 3. The zero-order valence-corrected chi connectivity index (χ0v) is 14.3. The number of carbonyl (C=O) groups excluding carboxylic acids is 1. The van der Waals surface area contributed by atoms with Gasteiger partial charge in [0.15, 0.2) is 0 Å². The first-order valence-corrected chi connectivity index (χ1v) is 8.13. The maximum atomic E-state index is 12.2. The zero-order valence-electron chi connectivity index (χ0n) is 13.5. The number of hydrogen-bond acceptors (Lipinski definition) is 4. The summed E-state index contributed by atoms with van der Waals surface area (Å²) in [7, 11) is 1.55. The minimum Gasteiger partial charge on any atom is -0.496 e. The number of nitrogens with one attached hydrogen (secondary N) is 1. The number of anilines is 1. The minimum absolute atomic E-state index is 0.277. The number of rotatable bonds is 6. The van der Waals surface area contributed by atoms with Gasteiger partial charge in [-0.05, 0) is 43.3 Å². The first kappa shape index (κ1) is 19.0. The number of amides is 1. The van der Waals surface area contributed by atoms with Crippen LogP contribution in [0.1, 0.15) is 6.92 Å². The van der Waals surface area contributed by atoms with Crippen LogP contribution in [0.3, 0.4) is 0 Å². The lowest BCUT2D eigenvalue weighted by Gasteiger charge is -2.14. The van der Waals surface area contributed by atoms with E-state index >= 15 is 0 Å². The van der Waals surface area contributed by atoms with Crippen LogP contribution in [0.5, 0.6) is 11.5 Å². The van der Waals surface area contributed by atoms with E-state index in [-0.39, 0.29) is 11.7 Å². The summed E-state index contributed by atoms with van der Waals surface area (Å²) in [6, 6.07) is 12.3. The topological polar surface area (TPSA) is 47.6 Å². The molecule has 0 heterocycles. The molecule has 2 aromatic rings. The normalized spacial score (nSPS) is 12.4. The Bertz CT molecular complexity index is 720. The summed E-state index contributed by atoms with van der Waals surface area (Å²) < 4.78 is 45.4. The molecule has 0 saturated heterocycles. The van der Waals surface area contributed by atoms with E-state index in [0.29, 0.717) is 11.4 Å². The molecule has 1 atom stereocenters. The fourth-order valence-corrected chi connectivity index (χ4v) is 2.92. The van der Waals surface area contributed by atoms with Gasteiger partial charge in [-0.3, -0.25) is 4.79 Å². The maximum Gasteiger partial charge on any atom is 0.573 e. The fraction of sp³-hybridized carbons (Fsp3) is 0.235. The second kappa shape index (κ2) is 8.15. The quantitative estimate of drug-likeness (QED) is 0.747. The Labute approximate surface area is 147 Å². The number of para-hydroxylation sites is 1. The first-order chi connectivity index (χ1) is 11.8. The Kier molecular flexibility index (Phi) is 6.19. The molecule has 1 N–H and O–H groups in total. The number of alkyl halides is 3. The van der Waals surface area contributed by atoms with E-state index in [4.69, 9.17) is 4.74 Å². The van der Waals surface area contributed by atoms with Gasteiger partial charge in [0.2, 0.25) is 5.91 Å². The van der Waals surface area contributed by atoms with Crippen molar-refractivity contribution in [3.8, 4) is 11.5 Å². The Balaban J connectivity index is 1.97. The molecular weight excluding hydrogens is 355 g/mol. The van der Waals surface area contributed by atoms with E-state index in [1.807, 2.05) is 18.2 Å². The molecule has 0 aromatic heterocycles. The highest BCUT2D eigenvalue weighted by atomic mass is 32.2. The van der Waals surface area contributed by atoms with E-state index in [2.05, 4.69) is 10.1 Å². The Morgan fingerprint density at radius 1 is 1.12 bits per heavy atom. The van der Waals surface area contributed by atoms with Gasteiger partial charge in [-0.25, -0.2) is 0 Å². The fourth-order valence-electron chi connectivity index (χ4n) is 1.94. The van der Waals surface area contributed by atoms with Crippen molar-refractivity contribution in [3.63, 3.8) is 0 Å². The number of ether oxygens (including phenoxy) is 2. The third-order valence-corrected chi connectivity index (χ3v) is 4.26. The minimum atomic E-state index is -4.75. The summed E-state index contributed by atoms with van der Waals surface area (Å²) in [5.41, 5.74) is 0.381. The number of benzene rings is 2. The van der Waals surface area contributed by atoms with Crippen LogP contribution in [0.2, 0.25) is 0 Å². The summed E-state index contributed by atoms with van der Waals surface area (Å²) in [6.07, 6.45) is -4.75. The highest BCUT2D eigenvalue weighted by Crippen LogP contribution is 2.32. The molecule has 0 aliphatic heterocycles. The van der Waals surface area contributed by atoms with Crippen LogP contribution in [0.25, 0.3) is 0 Å². The molecule has 2 rings (SSSR count). The summed E-state index contributed by atoms with van der Waals surface area (Å²) in [4.78, 5) is 13.1. The molecule has 0 spiro atoms. The van der Waals surface area contributed by atoms with Crippen LogP contribution < -0.4 is 14.8 Å². The van der Waals surface area contributed by atoms with Crippen LogP contribution >= 0.6 is 11.8 Å². The average molecular weight is 371 g/mol. The van der Waals surface area contributed by atoms with Crippen LogP contribution in [-0.2, 0) is 4.79 Å². The third kappa shape index (κ3) is 5.90. The lowest BCUT2D eigenvalue weighted by Crippen LogP contribution is -2.22. The Hall–Kier alpha value is -2.35. The van der Waals surface area contributed by atoms with Gasteiger partial charge in [0.05, 0.1) is 17.3 Å². The number of hydrogen-bond donors (Lipinski definition) is 1. The standard InChI is InChI=1S/C17H16F3NO3S/c1-11(25-15-6-4-3-5-14(15)23-2)16(22)21-12-7-9-13(10-8-12)24-17(18,19)20/h3-11H,1-2H3,(H,21,22). The van der Waals surface area contributed by atoms with E-state index in [1.165, 1.54) is 23.9 Å². The Morgan fingerprint density at radius 2 is 1.76 bits per heavy atom. The predicted octanol–water partition coefficient (Wildman–Crippen LogP) is 4.71. The summed E-state index contributed by atoms with van der Waals surface area (Å²) >= 11 is 1.32. The van der Waals surface area contributed by atoms with Crippen LogP contribution in [-0.4, -0.2) is 24.6 Å². The lowest BCUT2D eigenvalue weighted by atomic mass is 10.3. The molecule has 8 heteroatoms. The van der Waals surface area contributed by atoms with Crippen molar-refractivity contribution in [1.29, 1.82) is 0 Å². The highest BCUT2D eigenvalue weighted by Gasteiger charge is 2.31. The van der Waals surface area contributed by atoms with Crippen LogP contribution in [0, 0.1) is 0 Å². The van der Waals surface area contributed by atoms with Gasteiger partial charge >= 0.3 is 6.36 Å². The largest absolute Gasteiger partial charge is 0.573 e. The molecule has 4 nitrogen and oxygen atoms in total. The van der Waals surface area contributed by atoms with Gasteiger partial charge in [0.1, 0.15) is 11.5 Å². The lowest BCUT2D eigenvalue weighted by molar-refractivity contribution is -0.274. The second-order valence-electron chi connectivity index (χ2n) is 4.97. The van der Waals surface area contributed by atoms with E-state index < -0.39 is 11.6 Å². The first-order valence-electron chi connectivity index (χ1n) is 7.25. The summed E-state index contributed by atoms with van der Waals surface area (Å²) in [5.74, 6) is 0.0446. The maximum absolute atomic E-state index is 12.2. The van der Waals surface area contributed by atoms with E-state index in [0.717, 1.165) is 17.0 Å². The monoisotopic (exact) mass is 371 g/mol. The van der Waals surface area contributed by atoms with E-state index in [1.54, 1.807) is 20.1 Å². The molecule has 0 saturated carbocycles. The van der Waals surface area contributed by atoms with Gasteiger partial charge in [-0.2, -0.15) is 0 Å². The molecule has 0 aliphatic rings. The summed E-state index contributed by atoms with van der Waals surface area (Å²) in [6.45, 7) is 1.73. The van der Waals surface area contributed by atoms with Crippen LogP contribution in [0.15, 0.2) is 53.4 Å². The van der Waals surface area contributed by atoms with E-state index in [9.17, 15) is 18.0 Å². The van der Waals surface area contributed by atoms with Crippen molar-refractivity contribution in [2.24, 2.45) is 0 Å². The molecular formula is C17H16F3NO3S. The molecule has 1 amide bonds. The number of thioether (sulfide) groups is 1. The molecule has 0 bridgehead atoms. The highest BCUT2D eigenvalue weighted by molar-refractivity contribution is 8.00. The molecule has 2 aromatic carbocycles. The van der Waals surface area contributed by atoms with Gasteiger partial charge in [0, 0.05) is 5.69 Å². The average Bonchev–Trinajstić information content (AvgIpc) is 2.55. The zero-order chi connectivity index (χ0) is 18.4. The molecule has 25 heavy (non-hydrogen) atoms. The molecule has 0 aliphatic carbocycles.